The lowest BCUT2D eigenvalue weighted by molar-refractivity contribution is 0.215. The minimum atomic E-state index is 0.303. The van der Waals surface area contributed by atoms with Gasteiger partial charge in [0.25, 0.3) is 0 Å². The number of pyridine rings is 1. The maximum Gasteiger partial charge on any atom is 0.145 e. The molecule has 0 fully saturated rings. The second kappa shape index (κ2) is 8.13. The van der Waals surface area contributed by atoms with E-state index in [2.05, 4.69) is 25.4 Å². The summed E-state index contributed by atoms with van der Waals surface area (Å²) in [5, 5.41) is 6.95. The minimum Gasteiger partial charge on any atom is -0.455 e. The van der Waals surface area contributed by atoms with Crippen molar-refractivity contribution >= 4 is 23.5 Å². The zero-order chi connectivity index (χ0) is 19.2. The van der Waals surface area contributed by atoms with Gasteiger partial charge in [0.1, 0.15) is 36.6 Å². The summed E-state index contributed by atoms with van der Waals surface area (Å²) in [5.74, 6) is 2.26. The molecule has 0 aliphatic rings. The highest BCUT2D eigenvalue weighted by Gasteiger charge is 2.09. The molecule has 3 aromatic rings. The number of nitrogen functional groups attached to an aromatic ring is 1. The quantitative estimate of drug-likeness (QED) is 0.508. The third kappa shape index (κ3) is 4.49. The first-order chi connectivity index (χ1) is 13.1. The van der Waals surface area contributed by atoms with Crippen molar-refractivity contribution in [3.63, 3.8) is 0 Å². The number of ether oxygens (including phenoxy) is 1. The molecule has 3 rings (SSSR count). The van der Waals surface area contributed by atoms with Crippen LogP contribution in [0.2, 0.25) is 0 Å². The lowest BCUT2D eigenvalue weighted by Gasteiger charge is -2.13. The van der Waals surface area contributed by atoms with Crippen molar-refractivity contribution in [1.29, 1.82) is 0 Å². The van der Waals surface area contributed by atoms with E-state index in [9.17, 15) is 0 Å². The van der Waals surface area contributed by atoms with Gasteiger partial charge in [-0.3, -0.25) is 4.98 Å². The summed E-state index contributed by atoms with van der Waals surface area (Å²) in [6.07, 6.45) is 4.55. The van der Waals surface area contributed by atoms with Crippen molar-refractivity contribution in [3.05, 3.63) is 59.7 Å². The maximum absolute atomic E-state index is 5.90. The molecular formula is C19H20N6O2. The summed E-state index contributed by atoms with van der Waals surface area (Å²) in [7, 11) is 1.45. The van der Waals surface area contributed by atoms with Gasteiger partial charge in [0.2, 0.25) is 0 Å². The molecule has 138 valence electrons. The van der Waals surface area contributed by atoms with Crippen molar-refractivity contribution in [1.82, 2.24) is 15.0 Å². The zero-order valence-corrected chi connectivity index (χ0v) is 15.3. The van der Waals surface area contributed by atoms with Crippen LogP contribution in [0.4, 0.5) is 17.3 Å². The number of nitrogens with zero attached hydrogens (tertiary/aromatic N) is 4. The van der Waals surface area contributed by atoms with E-state index >= 15 is 0 Å². The Morgan fingerprint density at radius 1 is 1.11 bits per heavy atom. The molecule has 0 amide bonds. The lowest BCUT2D eigenvalue weighted by Crippen LogP contribution is -2.05. The molecule has 0 atom stereocenters. The summed E-state index contributed by atoms with van der Waals surface area (Å²) in [6, 6.07) is 9.51. The number of nitrogens with two attached hydrogens (primary N) is 1. The number of oxime groups is 1. The van der Waals surface area contributed by atoms with Gasteiger partial charge in [-0.1, -0.05) is 5.16 Å². The first kappa shape index (κ1) is 18.1. The first-order valence-corrected chi connectivity index (χ1v) is 8.22. The molecule has 8 nitrogen and oxygen atoms in total. The molecule has 0 aliphatic carbocycles. The Morgan fingerprint density at radius 2 is 1.96 bits per heavy atom. The third-order valence-corrected chi connectivity index (χ3v) is 3.75. The molecule has 0 saturated carbocycles. The topological polar surface area (TPSA) is 108 Å². The standard InChI is InChI=1S/C19H20N6O2/c1-12-8-14(5-7-17(12)27-15-6-4-13(2)21-9-15)25-19-16(10-24-26-3)18(20)22-11-23-19/h4-11H,1-3H3,(H3,20,22,23,25)/b24-10+. The molecule has 1 aromatic carbocycles. The molecule has 3 N–H and O–H groups in total. The molecule has 27 heavy (non-hydrogen) atoms. The van der Waals surface area contributed by atoms with Crippen LogP contribution in [0.25, 0.3) is 0 Å². The minimum absolute atomic E-state index is 0.303. The van der Waals surface area contributed by atoms with E-state index in [4.69, 9.17) is 15.3 Å². The number of hydrogen-bond donors (Lipinski definition) is 2. The van der Waals surface area contributed by atoms with Crippen LogP contribution in [0, 0.1) is 13.8 Å². The van der Waals surface area contributed by atoms with Gasteiger partial charge in [-0.2, -0.15) is 0 Å². The van der Waals surface area contributed by atoms with Crippen molar-refractivity contribution in [2.24, 2.45) is 5.16 Å². The second-order valence-electron chi connectivity index (χ2n) is 5.78. The summed E-state index contributed by atoms with van der Waals surface area (Å²) in [4.78, 5) is 17.1. The number of benzene rings is 1. The van der Waals surface area contributed by atoms with Gasteiger partial charge in [-0.25, -0.2) is 9.97 Å². The van der Waals surface area contributed by atoms with Crippen molar-refractivity contribution in [2.45, 2.75) is 13.8 Å². The van der Waals surface area contributed by atoms with Gasteiger partial charge in [-0.15, -0.1) is 0 Å². The molecule has 2 aromatic heterocycles. The van der Waals surface area contributed by atoms with Crippen LogP contribution in [-0.2, 0) is 4.84 Å². The second-order valence-corrected chi connectivity index (χ2v) is 5.78. The third-order valence-electron chi connectivity index (χ3n) is 3.75. The Balaban J connectivity index is 1.81. The monoisotopic (exact) mass is 364 g/mol. The molecule has 8 heteroatoms. The fourth-order valence-corrected chi connectivity index (χ4v) is 2.36. The van der Waals surface area contributed by atoms with Crippen molar-refractivity contribution < 1.29 is 9.57 Å². The maximum atomic E-state index is 5.90. The predicted octanol–water partition coefficient (Wildman–Crippen LogP) is 3.59. The van der Waals surface area contributed by atoms with Crippen LogP contribution in [0.3, 0.4) is 0 Å². The average molecular weight is 364 g/mol. The molecule has 0 unspecified atom stereocenters. The molecular weight excluding hydrogens is 344 g/mol. The SMILES string of the molecule is CO/N=C/c1c(N)ncnc1Nc1ccc(Oc2ccc(C)nc2)c(C)c1. The van der Waals surface area contributed by atoms with Gasteiger partial charge in [0.15, 0.2) is 0 Å². The fourth-order valence-electron chi connectivity index (χ4n) is 2.36. The number of rotatable bonds is 6. The molecule has 0 saturated heterocycles. The highest BCUT2D eigenvalue weighted by atomic mass is 16.6. The summed E-state index contributed by atoms with van der Waals surface area (Å²) in [5.41, 5.74) is 9.17. The summed E-state index contributed by atoms with van der Waals surface area (Å²) < 4.78 is 5.89. The van der Waals surface area contributed by atoms with E-state index in [0.29, 0.717) is 22.9 Å². The van der Waals surface area contributed by atoms with Crippen LogP contribution < -0.4 is 15.8 Å². The highest BCUT2D eigenvalue weighted by Crippen LogP contribution is 2.29. The van der Waals surface area contributed by atoms with E-state index in [0.717, 1.165) is 22.7 Å². The van der Waals surface area contributed by atoms with Gasteiger partial charge < -0.3 is 20.6 Å². The number of aromatic nitrogens is 3. The normalized spacial score (nSPS) is 10.8. The summed E-state index contributed by atoms with van der Waals surface area (Å²) in [6.45, 7) is 3.89. The summed E-state index contributed by atoms with van der Waals surface area (Å²) >= 11 is 0. The zero-order valence-electron chi connectivity index (χ0n) is 15.3. The number of hydrogen-bond acceptors (Lipinski definition) is 8. The van der Waals surface area contributed by atoms with Crippen LogP contribution in [-0.4, -0.2) is 28.3 Å². The van der Waals surface area contributed by atoms with Gasteiger partial charge in [0.05, 0.1) is 18.0 Å². The smallest absolute Gasteiger partial charge is 0.145 e. The Hall–Kier alpha value is -3.68. The van der Waals surface area contributed by atoms with Crippen molar-refractivity contribution in [3.8, 4) is 11.5 Å². The van der Waals surface area contributed by atoms with Crippen LogP contribution in [0.1, 0.15) is 16.8 Å². The Kier molecular flexibility index (Phi) is 5.46. The highest BCUT2D eigenvalue weighted by molar-refractivity contribution is 5.92. The van der Waals surface area contributed by atoms with E-state index < -0.39 is 0 Å². The van der Waals surface area contributed by atoms with E-state index in [1.807, 2.05) is 44.2 Å². The predicted molar refractivity (Wildman–Crippen MR) is 105 cm³/mol. The van der Waals surface area contributed by atoms with E-state index in [1.54, 1.807) is 6.20 Å². The molecule has 0 bridgehead atoms. The number of aryl methyl sites for hydroxylation is 2. The Labute approximate surface area is 157 Å². The Morgan fingerprint density at radius 3 is 2.67 bits per heavy atom. The van der Waals surface area contributed by atoms with Crippen LogP contribution in [0.5, 0.6) is 11.5 Å². The molecule has 0 radical (unpaired) electrons. The van der Waals surface area contributed by atoms with Gasteiger partial charge >= 0.3 is 0 Å². The lowest BCUT2D eigenvalue weighted by atomic mass is 10.2. The van der Waals surface area contributed by atoms with E-state index in [-0.39, 0.29) is 0 Å². The largest absolute Gasteiger partial charge is 0.455 e. The number of nitrogens with one attached hydrogen (secondary N) is 1. The van der Waals surface area contributed by atoms with Crippen LogP contribution >= 0.6 is 0 Å². The molecule has 0 spiro atoms. The Bertz CT molecular complexity index is 957. The van der Waals surface area contributed by atoms with Crippen molar-refractivity contribution in [2.75, 3.05) is 18.2 Å². The van der Waals surface area contributed by atoms with Crippen LogP contribution in [0.15, 0.2) is 48.0 Å². The fraction of sp³-hybridized carbons (Fsp3) is 0.158. The van der Waals surface area contributed by atoms with Gasteiger partial charge in [-0.05, 0) is 49.7 Å². The molecule has 0 aliphatic heterocycles. The first-order valence-electron chi connectivity index (χ1n) is 8.22. The average Bonchev–Trinajstić information content (AvgIpc) is 2.65. The molecule has 2 heterocycles. The van der Waals surface area contributed by atoms with E-state index in [1.165, 1.54) is 19.7 Å². The van der Waals surface area contributed by atoms with Gasteiger partial charge in [0, 0.05) is 11.4 Å². The number of anilines is 3.